The molecule has 0 amide bonds. The summed E-state index contributed by atoms with van der Waals surface area (Å²) in [7, 11) is 0. The highest BCUT2D eigenvalue weighted by atomic mass is 79.9. The topological polar surface area (TPSA) is 35.2 Å². The van der Waals surface area contributed by atoms with E-state index in [4.69, 9.17) is 10.5 Å². The molecule has 0 aliphatic carbocycles. The second-order valence-corrected chi connectivity index (χ2v) is 3.93. The van der Waals surface area contributed by atoms with E-state index in [2.05, 4.69) is 15.9 Å². The van der Waals surface area contributed by atoms with Crippen molar-refractivity contribution in [3.8, 4) is 5.75 Å². The van der Waals surface area contributed by atoms with Gasteiger partial charge in [-0.15, -0.1) is 12.4 Å². The van der Waals surface area contributed by atoms with Crippen molar-refractivity contribution in [1.82, 2.24) is 0 Å². The molecule has 2 N–H and O–H groups in total. The van der Waals surface area contributed by atoms with E-state index >= 15 is 0 Å². The van der Waals surface area contributed by atoms with Gasteiger partial charge in [-0.25, -0.2) is 8.78 Å². The molecule has 1 heterocycles. The monoisotopic (exact) mass is 299 g/mol. The zero-order valence-corrected chi connectivity index (χ0v) is 10.00. The van der Waals surface area contributed by atoms with E-state index in [0.717, 1.165) is 6.07 Å². The standard InChI is InChI=1S/C9H8BrF2NO.ClH/c10-8-4(11)3-6-7(9(8)12)5(13)1-2-14-6;/h3,5H,1-2,13H2;1H/t5-;/m0./s1. The third kappa shape index (κ3) is 2.09. The molecule has 0 saturated carbocycles. The predicted octanol–water partition coefficient (Wildman–Crippen LogP) is 2.93. The minimum absolute atomic E-state index is 0. The smallest absolute Gasteiger partial charge is 0.148 e. The van der Waals surface area contributed by atoms with Crippen LogP contribution in [-0.2, 0) is 0 Å². The number of ether oxygens (including phenoxy) is 1. The van der Waals surface area contributed by atoms with E-state index in [0.29, 0.717) is 13.0 Å². The Morgan fingerprint density at radius 2 is 2.13 bits per heavy atom. The Morgan fingerprint density at radius 3 is 2.80 bits per heavy atom. The molecule has 6 heteroatoms. The van der Waals surface area contributed by atoms with Crippen molar-refractivity contribution in [3.63, 3.8) is 0 Å². The zero-order valence-electron chi connectivity index (χ0n) is 7.60. The van der Waals surface area contributed by atoms with Crippen LogP contribution in [0.3, 0.4) is 0 Å². The van der Waals surface area contributed by atoms with Gasteiger partial charge in [0.1, 0.15) is 17.4 Å². The lowest BCUT2D eigenvalue weighted by atomic mass is 10.0. The van der Waals surface area contributed by atoms with Gasteiger partial charge in [0.2, 0.25) is 0 Å². The Kier molecular flexibility index (Phi) is 3.92. The fourth-order valence-corrected chi connectivity index (χ4v) is 1.82. The van der Waals surface area contributed by atoms with Gasteiger partial charge >= 0.3 is 0 Å². The summed E-state index contributed by atoms with van der Waals surface area (Å²) < 4.78 is 31.6. The number of hydrogen-bond acceptors (Lipinski definition) is 2. The highest BCUT2D eigenvalue weighted by Gasteiger charge is 2.25. The first-order valence-electron chi connectivity index (χ1n) is 4.17. The normalized spacial score (nSPS) is 18.8. The van der Waals surface area contributed by atoms with E-state index in [9.17, 15) is 8.78 Å². The van der Waals surface area contributed by atoms with Gasteiger partial charge in [-0.3, -0.25) is 0 Å². The van der Waals surface area contributed by atoms with Gasteiger partial charge in [0.25, 0.3) is 0 Å². The zero-order chi connectivity index (χ0) is 10.3. The first-order chi connectivity index (χ1) is 6.61. The van der Waals surface area contributed by atoms with Crippen LogP contribution in [0.15, 0.2) is 10.5 Å². The van der Waals surface area contributed by atoms with Gasteiger partial charge < -0.3 is 10.5 Å². The van der Waals surface area contributed by atoms with E-state index in [1.165, 1.54) is 0 Å². The Balaban J connectivity index is 0.00000112. The van der Waals surface area contributed by atoms with E-state index in [-0.39, 0.29) is 28.2 Å². The van der Waals surface area contributed by atoms with Crippen molar-refractivity contribution in [2.24, 2.45) is 5.73 Å². The van der Waals surface area contributed by atoms with Crippen molar-refractivity contribution in [2.75, 3.05) is 6.61 Å². The third-order valence-electron chi connectivity index (χ3n) is 2.22. The number of halogens is 4. The summed E-state index contributed by atoms with van der Waals surface area (Å²) in [4.78, 5) is 0. The van der Waals surface area contributed by atoms with Crippen LogP contribution >= 0.6 is 28.3 Å². The Labute approximate surface area is 100 Å². The number of hydrogen-bond donors (Lipinski definition) is 1. The molecule has 0 bridgehead atoms. The molecule has 2 rings (SSSR count). The lowest BCUT2D eigenvalue weighted by Gasteiger charge is -2.23. The summed E-state index contributed by atoms with van der Waals surface area (Å²) in [6, 6.07) is 0.734. The summed E-state index contributed by atoms with van der Waals surface area (Å²) in [5.74, 6) is -1.12. The average Bonchev–Trinajstić information content (AvgIpc) is 2.14. The summed E-state index contributed by atoms with van der Waals surface area (Å²) in [6.07, 6.45) is 0.544. The lowest BCUT2D eigenvalue weighted by molar-refractivity contribution is 0.261. The van der Waals surface area contributed by atoms with Gasteiger partial charge in [-0.1, -0.05) is 0 Å². The molecule has 0 aromatic heterocycles. The minimum atomic E-state index is -0.671. The van der Waals surface area contributed by atoms with Crippen molar-refractivity contribution in [2.45, 2.75) is 12.5 Å². The number of nitrogens with two attached hydrogens (primary N) is 1. The molecule has 0 spiro atoms. The molecule has 1 aliphatic rings. The largest absolute Gasteiger partial charge is 0.493 e. The van der Waals surface area contributed by atoms with Crippen molar-refractivity contribution >= 4 is 28.3 Å². The van der Waals surface area contributed by atoms with Crippen LogP contribution in [0.2, 0.25) is 0 Å². The summed E-state index contributed by atoms with van der Waals surface area (Å²) >= 11 is 2.82. The summed E-state index contributed by atoms with van der Waals surface area (Å²) in [5.41, 5.74) is 5.96. The molecule has 2 nitrogen and oxygen atoms in total. The second kappa shape index (κ2) is 4.63. The Morgan fingerprint density at radius 1 is 1.47 bits per heavy atom. The molecule has 84 valence electrons. The molecule has 1 atom stereocenters. The van der Waals surface area contributed by atoms with Crippen LogP contribution in [0, 0.1) is 11.6 Å². The van der Waals surface area contributed by atoms with Crippen molar-refractivity contribution in [3.05, 3.63) is 27.7 Å². The van der Waals surface area contributed by atoms with Crippen molar-refractivity contribution < 1.29 is 13.5 Å². The SMILES string of the molecule is Cl.N[C@H]1CCOc2cc(F)c(Br)c(F)c21. The molecule has 1 aromatic rings. The maximum atomic E-state index is 13.5. The fourth-order valence-electron chi connectivity index (χ4n) is 1.49. The predicted molar refractivity (Wildman–Crippen MR) is 58.3 cm³/mol. The first-order valence-corrected chi connectivity index (χ1v) is 4.96. The second-order valence-electron chi connectivity index (χ2n) is 3.14. The molecule has 0 radical (unpaired) electrons. The molecule has 1 aromatic carbocycles. The quantitative estimate of drug-likeness (QED) is 0.748. The van der Waals surface area contributed by atoms with Gasteiger partial charge in [-0.05, 0) is 15.9 Å². The summed E-state index contributed by atoms with van der Waals surface area (Å²) in [5, 5.41) is 0. The highest BCUT2D eigenvalue weighted by Crippen LogP contribution is 2.37. The fraction of sp³-hybridized carbons (Fsp3) is 0.333. The molecular weight excluding hydrogens is 291 g/mol. The Hall–Kier alpha value is -0.390. The Bertz CT molecular complexity index is 389. The van der Waals surface area contributed by atoms with Crippen LogP contribution < -0.4 is 10.5 Å². The number of fused-ring (bicyclic) bond motifs is 1. The van der Waals surface area contributed by atoms with Crippen LogP contribution in [0.5, 0.6) is 5.75 Å². The van der Waals surface area contributed by atoms with Crippen LogP contribution in [-0.4, -0.2) is 6.61 Å². The highest BCUT2D eigenvalue weighted by molar-refractivity contribution is 9.10. The summed E-state index contributed by atoms with van der Waals surface area (Å²) in [6.45, 7) is 0.397. The molecular formula is C9H9BrClF2NO. The van der Waals surface area contributed by atoms with Gasteiger partial charge in [-0.2, -0.15) is 0 Å². The molecule has 1 aliphatic heterocycles. The number of benzene rings is 1. The maximum absolute atomic E-state index is 13.5. The van der Waals surface area contributed by atoms with E-state index in [1.54, 1.807) is 0 Å². The molecule has 0 fully saturated rings. The van der Waals surface area contributed by atoms with Crippen molar-refractivity contribution in [1.29, 1.82) is 0 Å². The maximum Gasteiger partial charge on any atom is 0.148 e. The third-order valence-corrected chi connectivity index (χ3v) is 2.95. The van der Waals surface area contributed by atoms with Gasteiger partial charge in [0.05, 0.1) is 11.1 Å². The van der Waals surface area contributed by atoms with Crippen LogP contribution in [0.25, 0.3) is 0 Å². The minimum Gasteiger partial charge on any atom is -0.493 e. The van der Waals surface area contributed by atoms with E-state index in [1.807, 2.05) is 0 Å². The first kappa shape index (κ1) is 12.7. The van der Waals surface area contributed by atoms with Gasteiger partial charge in [0, 0.05) is 24.1 Å². The average molecular weight is 301 g/mol. The van der Waals surface area contributed by atoms with E-state index < -0.39 is 17.7 Å². The molecule has 0 unspecified atom stereocenters. The molecule has 0 saturated heterocycles. The number of rotatable bonds is 0. The van der Waals surface area contributed by atoms with Crippen LogP contribution in [0.4, 0.5) is 8.78 Å². The van der Waals surface area contributed by atoms with Crippen LogP contribution in [0.1, 0.15) is 18.0 Å². The van der Waals surface area contributed by atoms with Gasteiger partial charge in [0.15, 0.2) is 0 Å². The molecule has 15 heavy (non-hydrogen) atoms. The lowest BCUT2D eigenvalue weighted by Crippen LogP contribution is -2.22.